The van der Waals surface area contributed by atoms with Gasteiger partial charge in [0.25, 0.3) is 11.6 Å². The molecule has 0 aliphatic heterocycles. The third kappa shape index (κ3) is 5.12. The molecule has 0 radical (unpaired) electrons. The molecule has 0 saturated carbocycles. The van der Waals surface area contributed by atoms with Crippen molar-refractivity contribution in [1.82, 2.24) is 5.32 Å². The largest absolute Gasteiger partial charge is 0.455 e. The molecule has 0 heterocycles. The number of hydrogen-bond donors (Lipinski definition) is 2. The monoisotopic (exact) mass is 425 g/mol. The number of ether oxygens (including phenoxy) is 1. The van der Waals surface area contributed by atoms with E-state index in [2.05, 4.69) is 10.6 Å². The molecule has 9 heteroatoms. The molecule has 2 amide bonds. The SMILES string of the molecule is O=C(CNC(=O)c1c(Cl)cccc1[N+](=O)[O-])Nc1ccccc1Oc1ccccc1. The topological polar surface area (TPSA) is 111 Å². The van der Waals surface area contributed by atoms with Crippen LogP contribution >= 0.6 is 11.6 Å². The number of benzene rings is 3. The van der Waals surface area contributed by atoms with Crippen LogP contribution in [0.2, 0.25) is 5.02 Å². The number of nitrogens with one attached hydrogen (secondary N) is 2. The number of nitro benzene ring substituents is 1. The van der Waals surface area contributed by atoms with Crippen molar-refractivity contribution >= 4 is 34.8 Å². The van der Waals surface area contributed by atoms with Crippen LogP contribution in [0.1, 0.15) is 10.4 Å². The van der Waals surface area contributed by atoms with Crippen LogP contribution in [0.15, 0.2) is 72.8 Å². The highest BCUT2D eigenvalue weighted by Crippen LogP contribution is 2.29. The second-order valence-corrected chi connectivity index (χ2v) is 6.44. The Hall–Kier alpha value is -3.91. The number of nitro groups is 1. The van der Waals surface area contributed by atoms with E-state index in [1.54, 1.807) is 36.4 Å². The fourth-order valence-corrected chi connectivity index (χ4v) is 2.86. The lowest BCUT2D eigenvalue weighted by molar-refractivity contribution is -0.385. The maximum Gasteiger partial charge on any atom is 0.283 e. The van der Waals surface area contributed by atoms with Crippen molar-refractivity contribution in [1.29, 1.82) is 0 Å². The van der Waals surface area contributed by atoms with Gasteiger partial charge in [-0.3, -0.25) is 19.7 Å². The number of hydrogen-bond acceptors (Lipinski definition) is 5. The number of rotatable bonds is 7. The number of anilines is 1. The lowest BCUT2D eigenvalue weighted by atomic mass is 10.1. The average molecular weight is 426 g/mol. The van der Waals surface area contributed by atoms with Gasteiger partial charge in [-0.25, -0.2) is 0 Å². The standard InChI is InChI=1S/C21H16ClN3O5/c22-15-9-6-11-17(25(28)29)20(15)21(27)23-13-19(26)24-16-10-4-5-12-18(16)30-14-7-2-1-3-8-14/h1-12H,13H2,(H,23,27)(H,24,26). The predicted molar refractivity (Wildman–Crippen MR) is 112 cm³/mol. The van der Waals surface area contributed by atoms with Gasteiger partial charge in [-0.1, -0.05) is 48.0 Å². The van der Waals surface area contributed by atoms with Crippen molar-refractivity contribution in [3.05, 3.63) is 93.5 Å². The molecule has 2 N–H and O–H groups in total. The first kappa shape index (κ1) is 20.8. The van der Waals surface area contributed by atoms with Crippen molar-refractivity contribution in [3.63, 3.8) is 0 Å². The maximum absolute atomic E-state index is 12.4. The van der Waals surface area contributed by atoms with E-state index in [0.29, 0.717) is 17.2 Å². The second-order valence-electron chi connectivity index (χ2n) is 6.03. The highest BCUT2D eigenvalue weighted by molar-refractivity contribution is 6.34. The third-order valence-corrected chi connectivity index (χ3v) is 4.27. The van der Waals surface area contributed by atoms with E-state index < -0.39 is 29.0 Å². The van der Waals surface area contributed by atoms with Gasteiger partial charge in [0.05, 0.1) is 22.2 Å². The number of halogens is 1. The van der Waals surface area contributed by atoms with E-state index in [9.17, 15) is 19.7 Å². The molecule has 3 aromatic rings. The second kappa shape index (κ2) is 9.53. The van der Waals surface area contributed by atoms with E-state index in [-0.39, 0.29) is 10.6 Å². The molecule has 0 aliphatic rings. The number of carbonyl (C=O) groups excluding carboxylic acids is 2. The molecule has 8 nitrogen and oxygen atoms in total. The van der Waals surface area contributed by atoms with Crippen LogP contribution in [0.4, 0.5) is 11.4 Å². The zero-order chi connectivity index (χ0) is 21.5. The number of carbonyl (C=O) groups is 2. The fraction of sp³-hybridized carbons (Fsp3) is 0.0476. The summed E-state index contributed by atoms with van der Waals surface area (Å²) in [6.07, 6.45) is 0. The third-order valence-electron chi connectivity index (χ3n) is 3.96. The molecule has 0 fully saturated rings. The Bertz CT molecular complexity index is 1090. The summed E-state index contributed by atoms with van der Waals surface area (Å²) in [4.78, 5) is 35.1. The predicted octanol–water partition coefficient (Wildman–Crippen LogP) is 4.41. The van der Waals surface area contributed by atoms with Gasteiger partial charge >= 0.3 is 0 Å². The van der Waals surface area contributed by atoms with Gasteiger partial charge in [0.15, 0.2) is 5.75 Å². The molecule has 0 spiro atoms. The van der Waals surface area contributed by atoms with Gasteiger partial charge in [0, 0.05) is 6.07 Å². The van der Waals surface area contributed by atoms with Crippen molar-refractivity contribution in [2.75, 3.05) is 11.9 Å². The Kier molecular flexibility index (Phi) is 6.61. The Labute approximate surface area is 176 Å². The molecule has 0 saturated heterocycles. The van der Waals surface area contributed by atoms with Crippen molar-refractivity contribution in [3.8, 4) is 11.5 Å². The van der Waals surface area contributed by atoms with Crippen LogP contribution < -0.4 is 15.4 Å². The molecule has 3 aromatic carbocycles. The molecule has 0 unspecified atom stereocenters. The van der Waals surface area contributed by atoms with Gasteiger partial charge < -0.3 is 15.4 Å². The molecular weight excluding hydrogens is 410 g/mol. The number of amides is 2. The van der Waals surface area contributed by atoms with Gasteiger partial charge in [-0.15, -0.1) is 0 Å². The first-order valence-electron chi connectivity index (χ1n) is 8.78. The van der Waals surface area contributed by atoms with E-state index in [0.717, 1.165) is 6.07 Å². The quantitative estimate of drug-likeness (QED) is 0.430. The van der Waals surface area contributed by atoms with E-state index >= 15 is 0 Å². The summed E-state index contributed by atoms with van der Waals surface area (Å²) in [5.41, 5.74) is -0.337. The molecule has 152 valence electrons. The van der Waals surface area contributed by atoms with Gasteiger partial charge in [-0.2, -0.15) is 0 Å². The molecule has 30 heavy (non-hydrogen) atoms. The summed E-state index contributed by atoms with van der Waals surface area (Å²) in [6, 6.07) is 19.8. The Morgan fingerprint density at radius 3 is 2.40 bits per heavy atom. The normalized spacial score (nSPS) is 10.2. The van der Waals surface area contributed by atoms with Crippen molar-refractivity contribution in [2.24, 2.45) is 0 Å². The zero-order valence-corrected chi connectivity index (χ0v) is 16.3. The van der Waals surface area contributed by atoms with E-state index in [4.69, 9.17) is 16.3 Å². The maximum atomic E-state index is 12.4. The molecule has 0 bridgehead atoms. The molecule has 0 atom stereocenters. The Morgan fingerprint density at radius 1 is 0.967 bits per heavy atom. The van der Waals surface area contributed by atoms with Gasteiger partial charge in [0.2, 0.25) is 5.91 Å². The Balaban J connectivity index is 1.66. The first-order valence-corrected chi connectivity index (χ1v) is 9.16. The minimum absolute atomic E-state index is 0.0799. The van der Waals surface area contributed by atoms with Crippen LogP contribution in [-0.4, -0.2) is 23.3 Å². The van der Waals surface area contributed by atoms with Crippen LogP contribution in [0.3, 0.4) is 0 Å². The average Bonchev–Trinajstić information content (AvgIpc) is 2.74. The minimum atomic E-state index is -0.823. The van der Waals surface area contributed by atoms with E-state index in [1.165, 1.54) is 12.1 Å². The summed E-state index contributed by atoms with van der Waals surface area (Å²) in [6.45, 7) is -0.416. The van der Waals surface area contributed by atoms with Gasteiger partial charge in [0.1, 0.15) is 11.3 Å². The molecule has 0 aliphatic carbocycles. The summed E-state index contributed by atoms with van der Waals surface area (Å²) in [5.74, 6) is -0.345. The first-order chi connectivity index (χ1) is 14.5. The summed E-state index contributed by atoms with van der Waals surface area (Å²) < 4.78 is 5.77. The highest BCUT2D eigenvalue weighted by Gasteiger charge is 2.23. The zero-order valence-electron chi connectivity index (χ0n) is 15.5. The van der Waals surface area contributed by atoms with Crippen LogP contribution in [0.5, 0.6) is 11.5 Å². The smallest absolute Gasteiger partial charge is 0.283 e. The number of para-hydroxylation sites is 3. The molecule has 0 aromatic heterocycles. The Morgan fingerprint density at radius 2 is 1.67 bits per heavy atom. The minimum Gasteiger partial charge on any atom is -0.455 e. The summed E-state index contributed by atoms with van der Waals surface area (Å²) in [5, 5.41) is 16.0. The fourth-order valence-electron chi connectivity index (χ4n) is 2.61. The van der Waals surface area contributed by atoms with E-state index in [1.807, 2.05) is 18.2 Å². The number of nitrogens with zero attached hydrogens (tertiary/aromatic N) is 1. The highest BCUT2D eigenvalue weighted by atomic mass is 35.5. The van der Waals surface area contributed by atoms with Crippen LogP contribution in [0, 0.1) is 10.1 Å². The van der Waals surface area contributed by atoms with Crippen LogP contribution in [-0.2, 0) is 4.79 Å². The molecule has 3 rings (SSSR count). The van der Waals surface area contributed by atoms with Crippen LogP contribution in [0.25, 0.3) is 0 Å². The lowest BCUT2D eigenvalue weighted by Gasteiger charge is -2.12. The van der Waals surface area contributed by atoms with Crippen molar-refractivity contribution < 1.29 is 19.2 Å². The summed E-state index contributed by atoms with van der Waals surface area (Å²) >= 11 is 5.93. The lowest BCUT2D eigenvalue weighted by Crippen LogP contribution is -2.33. The molecular formula is C21H16ClN3O5. The van der Waals surface area contributed by atoms with Gasteiger partial charge in [-0.05, 0) is 30.3 Å². The summed E-state index contributed by atoms with van der Waals surface area (Å²) in [7, 11) is 0. The van der Waals surface area contributed by atoms with Crippen molar-refractivity contribution in [2.45, 2.75) is 0 Å².